The van der Waals surface area contributed by atoms with Gasteiger partial charge in [0.25, 0.3) is 0 Å². The molecule has 0 spiro atoms. The number of aromatic nitrogens is 7. The largest absolute Gasteiger partial charge is 0.309 e. The van der Waals surface area contributed by atoms with Gasteiger partial charge in [0, 0.05) is 82.8 Å². The second kappa shape index (κ2) is 22.0. The van der Waals surface area contributed by atoms with Crippen molar-refractivity contribution in [2.45, 2.75) is 27.7 Å². The lowest BCUT2D eigenvalue weighted by Gasteiger charge is -2.21. The van der Waals surface area contributed by atoms with Gasteiger partial charge in [-0.05, 0) is 160 Å². The first-order valence-electron chi connectivity index (χ1n) is 31.5. The molecule has 438 valence electrons. The highest BCUT2D eigenvalue weighted by atomic mass is 15.0. The molecule has 0 atom stereocenters. The number of hydrogen-bond acceptors (Lipinski definition) is 5. The van der Waals surface area contributed by atoms with Crippen LogP contribution < -0.4 is 0 Å². The topological polar surface area (TPSA) is 90.1 Å². The average molecular weight is 1190 g/mol. The van der Waals surface area contributed by atoms with Gasteiger partial charge in [0.05, 0.1) is 56.1 Å². The molecule has 17 aromatic rings. The monoisotopic (exact) mass is 1190 g/mol. The van der Waals surface area contributed by atoms with Crippen LogP contribution in [-0.2, 0) is 0 Å². The fourth-order valence-electron chi connectivity index (χ4n) is 14.0. The van der Waals surface area contributed by atoms with Crippen LogP contribution in [-0.4, -0.2) is 33.6 Å². The Morgan fingerprint density at radius 2 is 0.667 bits per heavy atom. The van der Waals surface area contributed by atoms with Crippen LogP contribution in [0.15, 0.2) is 279 Å². The molecule has 0 aliphatic rings. The second-order valence-electron chi connectivity index (χ2n) is 24.5. The molecule has 0 saturated heterocycles. The van der Waals surface area contributed by atoms with Gasteiger partial charge in [0.2, 0.25) is 0 Å². The zero-order valence-corrected chi connectivity index (χ0v) is 51.6. The van der Waals surface area contributed by atoms with E-state index in [0.717, 1.165) is 122 Å². The lowest BCUT2D eigenvalue weighted by Crippen LogP contribution is -2.02. The molecular formula is C85H58N8. The summed E-state index contributed by atoms with van der Waals surface area (Å²) in [6, 6.07) is 102. The Morgan fingerprint density at radius 3 is 1.15 bits per heavy atom. The van der Waals surface area contributed by atoms with Crippen molar-refractivity contribution in [2.75, 3.05) is 0 Å². The molecular weight excluding hydrogens is 1130 g/mol. The molecule has 5 aromatic heterocycles. The van der Waals surface area contributed by atoms with Crippen LogP contribution in [0.5, 0.6) is 0 Å². The molecule has 93 heavy (non-hydrogen) atoms. The number of pyridine rings is 1. The predicted molar refractivity (Wildman–Crippen MR) is 382 cm³/mol. The van der Waals surface area contributed by atoms with Gasteiger partial charge in [0.15, 0.2) is 17.5 Å². The second-order valence-corrected chi connectivity index (χ2v) is 24.5. The van der Waals surface area contributed by atoms with Crippen LogP contribution in [0, 0.1) is 39.0 Å². The summed E-state index contributed by atoms with van der Waals surface area (Å²) in [4.78, 5) is 21.7. The van der Waals surface area contributed by atoms with E-state index in [1.807, 2.05) is 48.5 Å². The summed E-state index contributed by atoms with van der Waals surface area (Å²) >= 11 is 0. The van der Waals surface area contributed by atoms with Gasteiger partial charge in [-0.2, -0.15) is 5.26 Å². The first-order valence-corrected chi connectivity index (χ1v) is 31.5. The fourth-order valence-corrected chi connectivity index (χ4v) is 14.0. The number of fused-ring (bicyclic) bond motifs is 9. The molecule has 0 N–H and O–H groups in total. The fraction of sp³-hybridized carbons (Fsp3) is 0.0471. The molecule has 8 nitrogen and oxygen atoms in total. The summed E-state index contributed by atoms with van der Waals surface area (Å²) in [6.07, 6.45) is 0. The van der Waals surface area contributed by atoms with E-state index in [9.17, 15) is 5.26 Å². The van der Waals surface area contributed by atoms with Crippen molar-refractivity contribution < 1.29 is 0 Å². The molecule has 0 amide bonds. The molecule has 17 rings (SSSR count). The molecule has 0 saturated carbocycles. The molecule has 0 aliphatic heterocycles. The Balaban J connectivity index is 0.917. The van der Waals surface area contributed by atoms with Crippen molar-refractivity contribution in [3.63, 3.8) is 0 Å². The van der Waals surface area contributed by atoms with Crippen molar-refractivity contribution in [1.82, 2.24) is 33.6 Å². The maximum Gasteiger partial charge on any atom is 0.164 e. The highest BCUT2D eigenvalue weighted by molar-refractivity contribution is 6.12. The summed E-state index contributed by atoms with van der Waals surface area (Å²) < 4.78 is 7.06. The van der Waals surface area contributed by atoms with E-state index in [2.05, 4.69) is 278 Å². The lowest BCUT2D eigenvalue weighted by atomic mass is 9.87. The van der Waals surface area contributed by atoms with Crippen LogP contribution in [0.25, 0.3) is 161 Å². The maximum absolute atomic E-state index is 10.0. The van der Waals surface area contributed by atoms with E-state index >= 15 is 0 Å². The maximum atomic E-state index is 10.0. The van der Waals surface area contributed by atoms with Crippen molar-refractivity contribution in [1.29, 1.82) is 5.26 Å². The van der Waals surface area contributed by atoms with Gasteiger partial charge in [-0.25, -0.2) is 19.9 Å². The van der Waals surface area contributed by atoms with Crippen LogP contribution in [0.2, 0.25) is 0 Å². The highest BCUT2D eigenvalue weighted by Gasteiger charge is 2.25. The number of nitrogens with zero attached hydrogens (tertiary/aromatic N) is 8. The third-order valence-electron chi connectivity index (χ3n) is 18.4. The van der Waals surface area contributed by atoms with Gasteiger partial charge >= 0.3 is 0 Å². The minimum Gasteiger partial charge on any atom is -0.309 e. The Labute approximate surface area is 537 Å². The minimum atomic E-state index is 0.551. The van der Waals surface area contributed by atoms with E-state index in [1.54, 1.807) is 0 Å². The van der Waals surface area contributed by atoms with Gasteiger partial charge in [0.1, 0.15) is 0 Å². The van der Waals surface area contributed by atoms with Gasteiger partial charge in [-0.3, -0.25) is 0 Å². The van der Waals surface area contributed by atoms with Crippen molar-refractivity contribution in [3.8, 4) is 102 Å². The highest BCUT2D eigenvalue weighted by Crippen LogP contribution is 2.46. The van der Waals surface area contributed by atoms with Crippen molar-refractivity contribution >= 4 is 65.4 Å². The van der Waals surface area contributed by atoms with Crippen LogP contribution >= 0.6 is 0 Å². The molecule has 5 heterocycles. The zero-order chi connectivity index (χ0) is 62.4. The summed E-state index contributed by atoms with van der Waals surface area (Å²) in [7, 11) is 0. The van der Waals surface area contributed by atoms with Gasteiger partial charge in [-0.15, -0.1) is 0 Å². The molecule has 0 radical (unpaired) electrons. The minimum absolute atomic E-state index is 0.551. The van der Waals surface area contributed by atoms with Crippen LogP contribution in [0.1, 0.15) is 27.8 Å². The third kappa shape index (κ3) is 9.36. The zero-order valence-electron chi connectivity index (χ0n) is 51.6. The summed E-state index contributed by atoms with van der Waals surface area (Å²) in [6.45, 7) is 8.66. The van der Waals surface area contributed by atoms with E-state index in [1.165, 1.54) is 43.8 Å². The van der Waals surface area contributed by atoms with E-state index in [4.69, 9.17) is 19.9 Å². The van der Waals surface area contributed by atoms with E-state index < -0.39 is 0 Å². The Morgan fingerprint density at radius 1 is 0.280 bits per heavy atom. The number of para-hydroxylation sites is 1. The smallest absolute Gasteiger partial charge is 0.164 e. The molecule has 8 heteroatoms. The van der Waals surface area contributed by atoms with Gasteiger partial charge < -0.3 is 13.7 Å². The van der Waals surface area contributed by atoms with E-state index in [0.29, 0.717) is 23.0 Å². The number of benzene rings is 12. The van der Waals surface area contributed by atoms with Gasteiger partial charge in [-0.1, -0.05) is 186 Å². The summed E-state index contributed by atoms with van der Waals surface area (Å²) in [5.41, 5.74) is 25.3. The Bertz CT molecular complexity index is 5710. The number of nitriles is 1. The summed E-state index contributed by atoms with van der Waals surface area (Å²) in [5.74, 6) is 1.72. The van der Waals surface area contributed by atoms with Crippen molar-refractivity contribution in [2.24, 2.45) is 0 Å². The van der Waals surface area contributed by atoms with E-state index in [-0.39, 0.29) is 0 Å². The number of aryl methyl sites for hydroxylation is 4. The number of hydrogen-bond donors (Lipinski definition) is 0. The van der Waals surface area contributed by atoms with Crippen LogP contribution in [0.4, 0.5) is 0 Å². The molecule has 12 aromatic carbocycles. The molecule has 0 fully saturated rings. The quantitative estimate of drug-likeness (QED) is 0.136. The Hall–Kier alpha value is -12.3. The molecule has 0 bridgehead atoms. The lowest BCUT2D eigenvalue weighted by molar-refractivity contribution is 1.07. The van der Waals surface area contributed by atoms with Crippen molar-refractivity contribution in [3.05, 3.63) is 307 Å². The summed E-state index contributed by atoms with van der Waals surface area (Å²) in [5, 5.41) is 17.1. The first kappa shape index (κ1) is 54.8. The SMILES string of the molecule is Cc1ccc2c(c1)c1cc(C)ccc1n2-c1ccc(-c2cc(-c3ccccc3-c3nc(-c4ccccc4)nc(-c4ccccc4)n3)c(-c3ccc(-n4c5ccc(C)cc5c5cc(C)ccc54)cc3)c(-c3ccc(-n4c5ccccc5c5cc(C#N)ccc54)cc3)n2)cc1. The third-order valence-corrected chi connectivity index (χ3v) is 18.4. The average Bonchev–Trinajstić information content (AvgIpc) is 1.67. The Kier molecular flexibility index (Phi) is 13.0. The molecule has 0 aliphatic carbocycles. The molecule has 0 unspecified atom stereocenters. The predicted octanol–water partition coefficient (Wildman–Crippen LogP) is 21.3. The normalized spacial score (nSPS) is 11.6. The van der Waals surface area contributed by atoms with Crippen LogP contribution in [0.3, 0.4) is 0 Å². The number of rotatable bonds is 10. The standard InChI is InChI=1S/C85H58N8/c1-52-23-40-76-68(45-52)69-46-53(2)24-41-77(69)92(76)62-34-28-57(29-35-62)74-50-73(65-19-11-12-21-67(65)85-89-83(60-15-7-5-8-16-60)88-84(90-85)61-17-9-6-10-18-61)81(58-30-36-63(37-31-58)93-78-42-25-54(3)47-70(78)71-48-55(4)26-43-79(71)93)82(87-74)59-32-38-64(39-33-59)91-75-22-14-13-20-66(75)72-49-56(51-86)27-44-80(72)91/h5-50H,1-4H3. The first-order chi connectivity index (χ1) is 45.7.